The molecule has 0 aromatic carbocycles. The zero-order valence-electron chi connectivity index (χ0n) is 11.4. The molecule has 2 aliphatic rings. The van der Waals surface area contributed by atoms with E-state index >= 15 is 0 Å². The first-order chi connectivity index (χ1) is 9.22. The monoisotopic (exact) mass is 261 g/mol. The normalized spacial score (nSPS) is 22.7. The maximum absolute atomic E-state index is 11.7. The number of carbonyl (C=O) groups is 1. The number of hydrogen-bond acceptors (Lipinski definition) is 2. The van der Waals surface area contributed by atoms with Crippen molar-refractivity contribution in [1.29, 1.82) is 0 Å². The van der Waals surface area contributed by atoms with Gasteiger partial charge in [-0.25, -0.2) is 0 Å². The number of nitrogens with zero attached hydrogens (tertiary/aromatic N) is 1. The van der Waals surface area contributed by atoms with Crippen LogP contribution in [0.1, 0.15) is 55.7 Å². The van der Waals surface area contributed by atoms with Gasteiger partial charge in [0.15, 0.2) is 0 Å². The first-order valence-electron chi connectivity index (χ1n) is 7.46. The van der Waals surface area contributed by atoms with Crippen molar-refractivity contribution in [2.24, 2.45) is 5.73 Å². The van der Waals surface area contributed by atoms with Crippen molar-refractivity contribution in [2.75, 3.05) is 0 Å². The maximum Gasteiger partial charge on any atom is 0.222 e. The number of amides is 1. The van der Waals surface area contributed by atoms with Gasteiger partial charge in [-0.05, 0) is 43.2 Å². The molecule has 0 spiro atoms. The van der Waals surface area contributed by atoms with Gasteiger partial charge in [-0.15, -0.1) is 0 Å². The van der Waals surface area contributed by atoms with E-state index < -0.39 is 0 Å². The Balaban J connectivity index is 1.59. The van der Waals surface area contributed by atoms with Crippen molar-refractivity contribution >= 4 is 5.91 Å². The molecule has 1 atom stereocenters. The fraction of sp³-hybridized carbons (Fsp3) is 0.667. The van der Waals surface area contributed by atoms with E-state index in [0.29, 0.717) is 12.5 Å². The second-order valence-electron chi connectivity index (χ2n) is 5.92. The SMILES string of the molecule is NC1CCCCc2cn(CCC(=O)NC3CC3)cc21. The average molecular weight is 261 g/mol. The molecule has 1 saturated carbocycles. The molecule has 0 saturated heterocycles. The lowest BCUT2D eigenvalue weighted by atomic mass is 10.1. The van der Waals surface area contributed by atoms with Crippen molar-refractivity contribution in [3.63, 3.8) is 0 Å². The Hall–Kier alpha value is -1.29. The predicted molar refractivity (Wildman–Crippen MR) is 74.7 cm³/mol. The third kappa shape index (κ3) is 3.18. The fourth-order valence-corrected chi connectivity index (χ4v) is 2.84. The van der Waals surface area contributed by atoms with E-state index in [2.05, 4.69) is 22.3 Å². The number of hydrogen-bond donors (Lipinski definition) is 2. The van der Waals surface area contributed by atoms with Crippen LogP contribution >= 0.6 is 0 Å². The van der Waals surface area contributed by atoms with E-state index in [1.165, 1.54) is 24.0 Å². The van der Waals surface area contributed by atoms with E-state index in [1.54, 1.807) is 0 Å². The van der Waals surface area contributed by atoms with Crippen LogP contribution in [0.25, 0.3) is 0 Å². The van der Waals surface area contributed by atoms with Crippen LogP contribution in [-0.2, 0) is 17.8 Å². The Kier molecular flexibility index (Phi) is 3.60. The summed E-state index contributed by atoms with van der Waals surface area (Å²) in [6, 6.07) is 0.640. The second-order valence-corrected chi connectivity index (χ2v) is 5.92. The molecule has 1 unspecified atom stereocenters. The quantitative estimate of drug-likeness (QED) is 0.813. The lowest BCUT2D eigenvalue weighted by Gasteiger charge is -2.07. The summed E-state index contributed by atoms with van der Waals surface area (Å²) in [5, 5.41) is 3.03. The lowest BCUT2D eigenvalue weighted by Crippen LogP contribution is -2.26. The highest BCUT2D eigenvalue weighted by Gasteiger charge is 2.23. The third-order valence-corrected chi connectivity index (χ3v) is 4.15. The molecule has 0 aliphatic heterocycles. The molecule has 104 valence electrons. The number of fused-ring (bicyclic) bond motifs is 1. The smallest absolute Gasteiger partial charge is 0.222 e. The van der Waals surface area contributed by atoms with Crippen LogP contribution in [0.15, 0.2) is 12.4 Å². The standard InChI is InChI=1S/C15H23N3O/c16-14-4-2-1-3-11-9-18(10-13(11)14)8-7-15(19)17-12-5-6-12/h9-10,12,14H,1-8,16H2,(H,17,19). The van der Waals surface area contributed by atoms with Crippen molar-refractivity contribution in [3.05, 3.63) is 23.5 Å². The van der Waals surface area contributed by atoms with Crippen molar-refractivity contribution in [3.8, 4) is 0 Å². The minimum Gasteiger partial charge on any atom is -0.353 e. The summed E-state index contributed by atoms with van der Waals surface area (Å²) in [6.07, 6.45) is 11.9. The average Bonchev–Trinajstić information content (AvgIpc) is 3.13. The molecule has 1 heterocycles. The molecule has 1 aromatic rings. The Morgan fingerprint density at radius 1 is 1.32 bits per heavy atom. The highest BCUT2D eigenvalue weighted by atomic mass is 16.1. The molecular weight excluding hydrogens is 238 g/mol. The number of nitrogens with one attached hydrogen (secondary N) is 1. The molecule has 1 amide bonds. The molecule has 3 rings (SSSR count). The van der Waals surface area contributed by atoms with E-state index in [4.69, 9.17) is 5.73 Å². The predicted octanol–water partition coefficient (Wildman–Crippen LogP) is 1.88. The Morgan fingerprint density at radius 3 is 2.95 bits per heavy atom. The van der Waals surface area contributed by atoms with Crippen LogP contribution in [0.2, 0.25) is 0 Å². The van der Waals surface area contributed by atoms with Crippen LogP contribution < -0.4 is 11.1 Å². The molecule has 0 bridgehead atoms. The molecule has 19 heavy (non-hydrogen) atoms. The zero-order chi connectivity index (χ0) is 13.2. The molecular formula is C15H23N3O. The van der Waals surface area contributed by atoms with Crippen molar-refractivity contribution < 1.29 is 4.79 Å². The van der Waals surface area contributed by atoms with Crippen LogP contribution in [0, 0.1) is 0 Å². The van der Waals surface area contributed by atoms with E-state index in [-0.39, 0.29) is 11.9 Å². The zero-order valence-corrected chi connectivity index (χ0v) is 11.4. The topological polar surface area (TPSA) is 60.0 Å². The van der Waals surface area contributed by atoms with Gasteiger partial charge in [0.05, 0.1) is 0 Å². The fourth-order valence-electron chi connectivity index (χ4n) is 2.84. The molecule has 4 nitrogen and oxygen atoms in total. The van der Waals surface area contributed by atoms with Gasteiger partial charge in [0.1, 0.15) is 0 Å². The molecule has 4 heteroatoms. The number of carbonyl (C=O) groups excluding carboxylic acids is 1. The number of rotatable bonds is 4. The first-order valence-corrected chi connectivity index (χ1v) is 7.46. The van der Waals surface area contributed by atoms with Gasteiger partial charge in [-0.2, -0.15) is 0 Å². The highest BCUT2D eigenvalue weighted by molar-refractivity contribution is 5.76. The van der Waals surface area contributed by atoms with E-state index in [0.717, 1.165) is 32.2 Å². The van der Waals surface area contributed by atoms with Gasteiger partial charge < -0.3 is 15.6 Å². The molecule has 0 radical (unpaired) electrons. The molecule has 2 aliphatic carbocycles. The summed E-state index contributed by atoms with van der Waals surface area (Å²) >= 11 is 0. The molecule has 1 fully saturated rings. The number of aromatic nitrogens is 1. The summed E-state index contributed by atoms with van der Waals surface area (Å²) in [6.45, 7) is 0.762. The van der Waals surface area contributed by atoms with Gasteiger partial charge >= 0.3 is 0 Å². The van der Waals surface area contributed by atoms with Gasteiger partial charge in [0.2, 0.25) is 5.91 Å². The lowest BCUT2D eigenvalue weighted by molar-refractivity contribution is -0.121. The van der Waals surface area contributed by atoms with Gasteiger partial charge in [0, 0.05) is 37.4 Å². The largest absolute Gasteiger partial charge is 0.353 e. The Morgan fingerprint density at radius 2 is 2.16 bits per heavy atom. The van der Waals surface area contributed by atoms with Crippen molar-refractivity contribution in [1.82, 2.24) is 9.88 Å². The summed E-state index contributed by atoms with van der Waals surface area (Å²) < 4.78 is 2.14. The summed E-state index contributed by atoms with van der Waals surface area (Å²) in [7, 11) is 0. The Labute approximate surface area is 114 Å². The van der Waals surface area contributed by atoms with Gasteiger partial charge in [-0.1, -0.05) is 6.42 Å². The third-order valence-electron chi connectivity index (χ3n) is 4.15. The van der Waals surface area contributed by atoms with Crippen LogP contribution in [-0.4, -0.2) is 16.5 Å². The summed E-state index contributed by atoms with van der Waals surface area (Å²) in [5.41, 5.74) is 8.87. The van der Waals surface area contributed by atoms with Gasteiger partial charge in [0.25, 0.3) is 0 Å². The maximum atomic E-state index is 11.7. The summed E-state index contributed by atoms with van der Waals surface area (Å²) in [5.74, 6) is 0.177. The first kappa shape index (κ1) is 12.7. The van der Waals surface area contributed by atoms with E-state index in [9.17, 15) is 4.79 Å². The van der Waals surface area contributed by atoms with Gasteiger partial charge in [-0.3, -0.25) is 4.79 Å². The number of aryl methyl sites for hydroxylation is 2. The van der Waals surface area contributed by atoms with Crippen LogP contribution in [0.4, 0.5) is 0 Å². The van der Waals surface area contributed by atoms with Crippen LogP contribution in [0.5, 0.6) is 0 Å². The second kappa shape index (κ2) is 5.37. The van der Waals surface area contributed by atoms with E-state index in [1.807, 2.05) is 0 Å². The Bertz CT molecular complexity index is 462. The van der Waals surface area contributed by atoms with Crippen LogP contribution in [0.3, 0.4) is 0 Å². The molecule has 1 aromatic heterocycles. The van der Waals surface area contributed by atoms with Crippen molar-refractivity contribution in [2.45, 2.75) is 63.6 Å². The summed E-state index contributed by atoms with van der Waals surface area (Å²) in [4.78, 5) is 11.7. The minimum atomic E-state index is 0.177. The minimum absolute atomic E-state index is 0.177. The number of nitrogens with two attached hydrogens (primary N) is 1. The highest BCUT2D eigenvalue weighted by Crippen LogP contribution is 2.27. The molecule has 3 N–H and O–H groups in total.